The van der Waals surface area contributed by atoms with E-state index in [1.54, 1.807) is 32.7 Å². The number of likely N-dealkylation sites (N-methyl/N-ethyl adjacent to an activating group) is 1. The highest BCUT2D eigenvalue weighted by molar-refractivity contribution is 6.06. The predicted molar refractivity (Wildman–Crippen MR) is 96.9 cm³/mol. The van der Waals surface area contributed by atoms with Crippen LogP contribution in [-0.4, -0.2) is 60.8 Å². The molecule has 0 aromatic heterocycles. The van der Waals surface area contributed by atoms with Crippen molar-refractivity contribution in [2.75, 3.05) is 26.8 Å². The minimum absolute atomic E-state index is 0.0552. The third-order valence-electron chi connectivity index (χ3n) is 4.67. The standard InChI is InChI=1S/C18H35N3O4/c1-17(2,3)25-16(23)18(15(20)22,10-6-7-11-19)21(4)14-9-5-8-12-24-13-14/h14H,5-13,19H2,1-4H3,(H2,20,22)/t14?,18-/m0/s1. The number of amides is 1. The van der Waals surface area contributed by atoms with Crippen molar-refractivity contribution in [3.05, 3.63) is 0 Å². The molecule has 2 atom stereocenters. The number of hydrogen-bond acceptors (Lipinski definition) is 6. The van der Waals surface area contributed by atoms with E-state index in [0.29, 0.717) is 39.0 Å². The molecule has 4 N–H and O–H groups in total. The molecule has 0 radical (unpaired) electrons. The highest BCUT2D eigenvalue weighted by Crippen LogP contribution is 2.30. The van der Waals surface area contributed by atoms with Crippen LogP contribution in [0.3, 0.4) is 0 Å². The zero-order valence-corrected chi connectivity index (χ0v) is 16.2. The molecule has 1 rings (SSSR count). The molecule has 1 heterocycles. The molecule has 0 spiro atoms. The lowest BCUT2D eigenvalue weighted by molar-refractivity contribution is -0.175. The molecule has 0 aliphatic carbocycles. The average Bonchev–Trinajstić information content (AvgIpc) is 2.78. The number of esters is 1. The van der Waals surface area contributed by atoms with Crippen LogP contribution in [0, 0.1) is 0 Å². The molecule has 0 bridgehead atoms. The van der Waals surface area contributed by atoms with Crippen LogP contribution in [0.4, 0.5) is 0 Å². The summed E-state index contributed by atoms with van der Waals surface area (Å²) in [7, 11) is 1.77. The van der Waals surface area contributed by atoms with Crippen molar-refractivity contribution >= 4 is 11.9 Å². The van der Waals surface area contributed by atoms with Crippen molar-refractivity contribution in [2.45, 2.75) is 76.5 Å². The molecule has 1 aliphatic heterocycles. The molecule has 25 heavy (non-hydrogen) atoms. The lowest BCUT2D eigenvalue weighted by Crippen LogP contribution is -2.65. The zero-order chi connectivity index (χ0) is 19.1. The second kappa shape index (κ2) is 9.50. The van der Waals surface area contributed by atoms with E-state index in [2.05, 4.69) is 0 Å². The highest BCUT2D eigenvalue weighted by Gasteiger charge is 2.52. The zero-order valence-electron chi connectivity index (χ0n) is 16.2. The summed E-state index contributed by atoms with van der Waals surface area (Å²) in [4.78, 5) is 27.4. The summed E-state index contributed by atoms with van der Waals surface area (Å²) >= 11 is 0. The summed E-state index contributed by atoms with van der Waals surface area (Å²) < 4.78 is 11.2. The molecular formula is C18H35N3O4. The summed E-state index contributed by atoms with van der Waals surface area (Å²) in [6.45, 7) is 7.03. The van der Waals surface area contributed by atoms with Crippen LogP contribution < -0.4 is 11.5 Å². The maximum absolute atomic E-state index is 13.0. The second-order valence-corrected chi connectivity index (χ2v) is 7.81. The number of carbonyl (C=O) groups is 2. The van der Waals surface area contributed by atoms with Crippen LogP contribution in [0.2, 0.25) is 0 Å². The number of unbranched alkanes of at least 4 members (excludes halogenated alkanes) is 1. The van der Waals surface area contributed by atoms with Crippen LogP contribution in [0.1, 0.15) is 59.3 Å². The van der Waals surface area contributed by atoms with Crippen molar-refractivity contribution in [3.8, 4) is 0 Å². The average molecular weight is 357 g/mol. The monoisotopic (exact) mass is 357 g/mol. The first-order valence-corrected chi connectivity index (χ1v) is 9.19. The first-order chi connectivity index (χ1) is 11.6. The molecule has 146 valence electrons. The minimum Gasteiger partial charge on any atom is -0.458 e. The molecule has 1 amide bonds. The number of nitrogens with two attached hydrogens (primary N) is 2. The summed E-state index contributed by atoms with van der Waals surface area (Å²) in [5.74, 6) is -1.26. The Morgan fingerprint density at radius 3 is 2.48 bits per heavy atom. The lowest BCUT2D eigenvalue weighted by atomic mass is 9.87. The van der Waals surface area contributed by atoms with Crippen LogP contribution in [0.25, 0.3) is 0 Å². The van der Waals surface area contributed by atoms with E-state index in [1.165, 1.54) is 0 Å². The number of ether oxygens (including phenoxy) is 2. The Balaban J connectivity index is 3.16. The second-order valence-electron chi connectivity index (χ2n) is 7.81. The molecule has 1 aliphatic rings. The van der Waals surface area contributed by atoms with Crippen LogP contribution in [0.5, 0.6) is 0 Å². The van der Waals surface area contributed by atoms with Gasteiger partial charge in [-0.15, -0.1) is 0 Å². The number of primary amides is 1. The van der Waals surface area contributed by atoms with Crippen LogP contribution in [-0.2, 0) is 19.1 Å². The van der Waals surface area contributed by atoms with E-state index in [0.717, 1.165) is 19.3 Å². The van der Waals surface area contributed by atoms with E-state index in [9.17, 15) is 9.59 Å². The summed E-state index contributed by atoms with van der Waals surface area (Å²) in [5.41, 5.74) is 9.15. The van der Waals surface area contributed by atoms with Gasteiger partial charge in [0.15, 0.2) is 5.54 Å². The predicted octanol–water partition coefficient (Wildman–Crippen LogP) is 1.18. The third-order valence-corrected chi connectivity index (χ3v) is 4.67. The van der Waals surface area contributed by atoms with Crippen LogP contribution in [0.15, 0.2) is 0 Å². The number of nitrogens with zero attached hydrogens (tertiary/aromatic N) is 1. The normalized spacial score (nSPS) is 21.4. The molecule has 7 nitrogen and oxygen atoms in total. The number of carbonyl (C=O) groups excluding carboxylic acids is 2. The van der Waals surface area contributed by atoms with Gasteiger partial charge in [0.2, 0.25) is 5.91 Å². The van der Waals surface area contributed by atoms with Gasteiger partial charge < -0.3 is 20.9 Å². The van der Waals surface area contributed by atoms with E-state index in [1.807, 2.05) is 0 Å². The smallest absolute Gasteiger partial charge is 0.336 e. The Kier molecular flexibility index (Phi) is 8.31. The Morgan fingerprint density at radius 2 is 1.92 bits per heavy atom. The van der Waals surface area contributed by atoms with Crippen molar-refractivity contribution < 1.29 is 19.1 Å². The molecule has 7 heteroatoms. The topological polar surface area (TPSA) is 108 Å². The maximum atomic E-state index is 13.0. The van der Waals surface area contributed by atoms with Gasteiger partial charge in [0.1, 0.15) is 5.60 Å². The fraction of sp³-hybridized carbons (Fsp3) is 0.889. The van der Waals surface area contributed by atoms with Gasteiger partial charge in [-0.25, -0.2) is 4.79 Å². The minimum atomic E-state index is -1.50. The van der Waals surface area contributed by atoms with Gasteiger partial charge in [-0.3, -0.25) is 9.69 Å². The molecule has 0 aromatic carbocycles. The third kappa shape index (κ3) is 5.94. The largest absolute Gasteiger partial charge is 0.458 e. The van der Waals surface area contributed by atoms with Crippen molar-refractivity contribution in [3.63, 3.8) is 0 Å². The Labute approximate surface area is 151 Å². The molecular weight excluding hydrogens is 322 g/mol. The summed E-state index contributed by atoms with van der Waals surface area (Å²) in [5, 5.41) is 0. The van der Waals surface area contributed by atoms with Gasteiger partial charge in [-0.2, -0.15) is 0 Å². The molecule has 0 aromatic rings. The van der Waals surface area contributed by atoms with E-state index >= 15 is 0 Å². The fourth-order valence-electron chi connectivity index (χ4n) is 3.21. The number of hydrogen-bond donors (Lipinski definition) is 2. The SMILES string of the molecule is CN(C1CCCCOC1)[C@@](CCCCN)(C(N)=O)C(=O)OC(C)(C)C. The van der Waals surface area contributed by atoms with E-state index in [-0.39, 0.29) is 6.04 Å². The summed E-state index contributed by atoms with van der Waals surface area (Å²) in [6, 6.07) is -0.0552. The highest BCUT2D eigenvalue weighted by atomic mass is 16.6. The Morgan fingerprint density at radius 1 is 1.24 bits per heavy atom. The van der Waals surface area contributed by atoms with Gasteiger partial charge in [0, 0.05) is 12.6 Å². The first-order valence-electron chi connectivity index (χ1n) is 9.19. The summed E-state index contributed by atoms with van der Waals surface area (Å²) in [6.07, 6.45) is 4.45. The first kappa shape index (κ1) is 21.9. The maximum Gasteiger partial charge on any atom is 0.336 e. The lowest BCUT2D eigenvalue weighted by Gasteiger charge is -2.42. The number of rotatable bonds is 8. The molecule has 1 fully saturated rings. The fourth-order valence-corrected chi connectivity index (χ4v) is 3.21. The molecule has 0 saturated carbocycles. The van der Waals surface area contributed by atoms with Gasteiger partial charge in [0.25, 0.3) is 0 Å². The quantitative estimate of drug-likeness (QED) is 0.384. The van der Waals surface area contributed by atoms with E-state index in [4.69, 9.17) is 20.9 Å². The van der Waals surface area contributed by atoms with Gasteiger partial charge >= 0.3 is 5.97 Å². The van der Waals surface area contributed by atoms with Gasteiger partial charge in [-0.05, 0) is 72.9 Å². The Hall–Kier alpha value is -1.18. The van der Waals surface area contributed by atoms with Crippen LogP contribution >= 0.6 is 0 Å². The van der Waals surface area contributed by atoms with Gasteiger partial charge in [0.05, 0.1) is 6.61 Å². The van der Waals surface area contributed by atoms with Crippen molar-refractivity contribution in [1.82, 2.24) is 4.90 Å². The van der Waals surface area contributed by atoms with Crippen molar-refractivity contribution in [1.29, 1.82) is 0 Å². The molecule has 1 unspecified atom stereocenters. The van der Waals surface area contributed by atoms with Gasteiger partial charge in [-0.1, -0.05) is 0 Å². The Bertz CT molecular complexity index is 442. The van der Waals surface area contributed by atoms with E-state index < -0.39 is 23.0 Å². The molecule has 1 saturated heterocycles. The van der Waals surface area contributed by atoms with Crippen molar-refractivity contribution in [2.24, 2.45) is 11.5 Å².